The van der Waals surface area contributed by atoms with Gasteiger partial charge in [0.2, 0.25) is 0 Å². The minimum absolute atomic E-state index is 0.0293. The highest BCUT2D eigenvalue weighted by Crippen LogP contribution is 2.18. The molecule has 7 nitrogen and oxygen atoms in total. The number of aromatic nitrogens is 3. The van der Waals surface area contributed by atoms with Gasteiger partial charge in [-0.3, -0.25) is 14.6 Å². The lowest BCUT2D eigenvalue weighted by Gasteiger charge is -2.12. The van der Waals surface area contributed by atoms with E-state index in [4.69, 9.17) is 0 Å². The standard InChI is InChI=1S/C21H21N5O2/c1-13(2)25-20(27)15-8-7-14(3)18(10-15)26-21(28)16-11-23-19(24-12-16)17-6-4-5-9-22-17/h4-13H,1-3H3,(H,25,27)(H,26,28). The van der Waals surface area contributed by atoms with Crippen LogP contribution < -0.4 is 10.6 Å². The molecule has 0 saturated carbocycles. The van der Waals surface area contributed by atoms with Crippen LogP contribution in [-0.4, -0.2) is 32.8 Å². The van der Waals surface area contributed by atoms with Gasteiger partial charge in [0.25, 0.3) is 11.8 Å². The zero-order valence-corrected chi connectivity index (χ0v) is 15.9. The van der Waals surface area contributed by atoms with Crippen LogP contribution in [0, 0.1) is 6.92 Å². The number of benzene rings is 1. The first-order chi connectivity index (χ1) is 13.4. The number of nitrogens with one attached hydrogen (secondary N) is 2. The Labute approximate surface area is 163 Å². The van der Waals surface area contributed by atoms with E-state index in [0.717, 1.165) is 5.56 Å². The van der Waals surface area contributed by atoms with Gasteiger partial charge in [-0.05, 0) is 50.6 Å². The van der Waals surface area contributed by atoms with Crippen LogP contribution in [0.2, 0.25) is 0 Å². The molecule has 0 aliphatic heterocycles. The summed E-state index contributed by atoms with van der Waals surface area (Å²) in [6.45, 7) is 5.65. The van der Waals surface area contributed by atoms with E-state index in [-0.39, 0.29) is 17.9 Å². The van der Waals surface area contributed by atoms with Gasteiger partial charge in [0.05, 0.1) is 5.56 Å². The second-order valence-corrected chi connectivity index (χ2v) is 6.62. The van der Waals surface area contributed by atoms with Crippen molar-refractivity contribution in [1.29, 1.82) is 0 Å². The number of anilines is 1. The second-order valence-electron chi connectivity index (χ2n) is 6.62. The first-order valence-electron chi connectivity index (χ1n) is 8.90. The molecule has 2 heterocycles. The third kappa shape index (κ3) is 4.56. The number of rotatable bonds is 5. The third-order valence-corrected chi connectivity index (χ3v) is 3.98. The predicted molar refractivity (Wildman–Crippen MR) is 107 cm³/mol. The Morgan fingerprint density at radius 1 is 0.929 bits per heavy atom. The fourth-order valence-corrected chi connectivity index (χ4v) is 2.51. The van der Waals surface area contributed by atoms with Crippen LogP contribution in [0.3, 0.4) is 0 Å². The maximum absolute atomic E-state index is 12.6. The molecule has 2 amide bonds. The maximum Gasteiger partial charge on any atom is 0.258 e. The van der Waals surface area contributed by atoms with Gasteiger partial charge < -0.3 is 10.6 Å². The molecule has 3 aromatic rings. The fraction of sp³-hybridized carbons (Fsp3) is 0.190. The monoisotopic (exact) mass is 375 g/mol. The van der Waals surface area contributed by atoms with Crippen molar-refractivity contribution in [2.45, 2.75) is 26.8 Å². The van der Waals surface area contributed by atoms with E-state index in [2.05, 4.69) is 25.6 Å². The Morgan fingerprint density at radius 2 is 1.68 bits per heavy atom. The predicted octanol–water partition coefficient (Wildman–Crippen LogP) is 3.24. The highest BCUT2D eigenvalue weighted by atomic mass is 16.2. The normalized spacial score (nSPS) is 10.6. The summed E-state index contributed by atoms with van der Waals surface area (Å²) >= 11 is 0. The highest BCUT2D eigenvalue weighted by Gasteiger charge is 2.13. The van der Waals surface area contributed by atoms with Crippen LogP contribution in [0.4, 0.5) is 5.69 Å². The van der Waals surface area contributed by atoms with E-state index in [1.165, 1.54) is 12.4 Å². The highest BCUT2D eigenvalue weighted by molar-refractivity contribution is 6.05. The third-order valence-electron chi connectivity index (χ3n) is 3.98. The molecule has 0 unspecified atom stereocenters. The van der Waals surface area contributed by atoms with Gasteiger partial charge in [0, 0.05) is 35.9 Å². The first kappa shape index (κ1) is 19.2. The average molecular weight is 375 g/mol. The zero-order chi connectivity index (χ0) is 20.1. The van der Waals surface area contributed by atoms with E-state index < -0.39 is 0 Å². The summed E-state index contributed by atoms with van der Waals surface area (Å²) < 4.78 is 0. The van der Waals surface area contributed by atoms with Crippen molar-refractivity contribution < 1.29 is 9.59 Å². The molecule has 0 saturated heterocycles. The van der Waals surface area contributed by atoms with Gasteiger partial charge >= 0.3 is 0 Å². The van der Waals surface area contributed by atoms with Gasteiger partial charge in [-0.15, -0.1) is 0 Å². The van der Waals surface area contributed by atoms with Crippen molar-refractivity contribution in [2.75, 3.05) is 5.32 Å². The summed E-state index contributed by atoms with van der Waals surface area (Å²) in [5.41, 5.74) is 2.84. The van der Waals surface area contributed by atoms with E-state index in [0.29, 0.717) is 28.3 Å². The van der Waals surface area contributed by atoms with Gasteiger partial charge in [-0.1, -0.05) is 12.1 Å². The maximum atomic E-state index is 12.6. The molecule has 0 aliphatic rings. The van der Waals surface area contributed by atoms with Gasteiger partial charge in [-0.25, -0.2) is 9.97 Å². The molecular formula is C21H21N5O2. The van der Waals surface area contributed by atoms with Gasteiger partial charge in [0.1, 0.15) is 5.69 Å². The molecule has 7 heteroatoms. The Bertz CT molecular complexity index is 985. The number of nitrogens with zero attached hydrogens (tertiary/aromatic N) is 3. The lowest BCUT2D eigenvalue weighted by atomic mass is 10.1. The van der Waals surface area contributed by atoms with Crippen molar-refractivity contribution >= 4 is 17.5 Å². The summed E-state index contributed by atoms with van der Waals surface area (Å²) in [5, 5.41) is 5.65. The lowest BCUT2D eigenvalue weighted by Crippen LogP contribution is -2.30. The van der Waals surface area contributed by atoms with Crippen LogP contribution in [0.5, 0.6) is 0 Å². The van der Waals surface area contributed by atoms with E-state index in [1.54, 1.807) is 30.5 Å². The number of carbonyl (C=O) groups is 2. The molecule has 0 aliphatic carbocycles. The van der Waals surface area contributed by atoms with Crippen LogP contribution in [0.15, 0.2) is 55.0 Å². The van der Waals surface area contributed by atoms with Crippen LogP contribution in [-0.2, 0) is 0 Å². The molecule has 2 N–H and O–H groups in total. The molecule has 2 aromatic heterocycles. The molecule has 0 atom stereocenters. The van der Waals surface area contributed by atoms with Crippen molar-refractivity contribution in [3.8, 4) is 11.5 Å². The zero-order valence-electron chi connectivity index (χ0n) is 15.9. The summed E-state index contributed by atoms with van der Waals surface area (Å²) in [7, 11) is 0. The van der Waals surface area contributed by atoms with E-state index in [1.807, 2.05) is 32.9 Å². The SMILES string of the molecule is Cc1ccc(C(=O)NC(C)C)cc1NC(=O)c1cnc(-c2ccccn2)nc1. The minimum atomic E-state index is -0.350. The Hall–Kier alpha value is -3.61. The number of carbonyl (C=O) groups excluding carboxylic acids is 2. The molecule has 0 spiro atoms. The number of hydrogen-bond acceptors (Lipinski definition) is 5. The summed E-state index contributed by atoms with van der Waals surface area (Å²) in [4.78, 5) is 37.4. The molecule has 1 aromatic carbocycles. The van der Waals surface area contributed by atoms with E-state index >= 15 is 0 Å². The topological polar surface area (TPSA) is 96.9 Å². The summed E-state index contributed by atoms with van der Waals surface area (Å²) in [6.07, 6.45) is 4.57. The molecule has 0 fully saturated rings. The molecule has 142 valence electrons. The number of pyridine rings is 1. The fourth-order valence-electron chi connectivity index (χ4n) is 2.51. The summed E-state index contributed by atoms with van der Waals surface area (Å²) in [5.74, 6) is -0.0914. The van der Waals surface area contributed by atoms with Crippen molar-refractivity contribution in [2.24, 2.45) is 0 Å². The second kappa shape index (κ2) is 8.39. The Morgan fingerprint density at radius 3 is 2.32 bits per heavy atom. The van der Waals surface area contributed by atoms with Crippen LogP contribution in [0.25, 0.3) is 11.5 Å². The van der Waals surface area contributed by atoms with Crippen molar-refractivity contribution in [3.05, 3.63) is 71.7 Å². The lowest BCUT2D eigenvalue weighted by molar-refractivity contribution is 0.0941. The Kier molecular flexibility index (Phi) is 5.74. The minimum Gasteiger partial charge on any atom is -0.350 e. The smallest absolute Gasteiger partial charge is 0.258 e. The molecule has 28 heavy (non-hydrogen) atoms. The first-order valence-corrected chi connectivity index (χ1v) is 8.90. The number of aryl methyl sites for hydroxylation is 1. The average Bonchev–Trinajstić information content (AvgIpc) is 2.70. The number of amides is 2. The van der Waals surface area contributed by atoms with Crippen molar-refractivity contribution in [1.82, 2.24) is 20.3 Å². The van der Waals surface area contributed by atoms with Gasteiger partial charge in [0.15, 0.2) is 5.82 Å². The quantitative estimate of drug-likeness (QED) is 0.714. The summed E-state index contributed by atoms with van der Waals surface area (Å²) in [6, 6.07) is 10.7. The van der Waals surface area contributed by atoms with Gasteiger partial charge in [-0.2, -0.15) is 0 Å². The molecule has 0 radical (unpaired) electrons. The van der Waals surface area contributed by atoms with Crippen molar-refractivity contribution in [3.63, 3.8) is 0 Å². The number of hydrogen-bond donors (Lipinski definition) is 2. The van der Waals surface area contributed by atoms with Crippen LogP contribution >= 0.6 is 0 Å². The molecule has 0 bridgehead atoms. The molecular weight excluding hydrogens is 354 g/mol. The molecule has 3 rings (SSSR count). The Balaban J connectivity index is 1.76. The van der Waals surface area contributed by atoms with E-state index in [9.17, 15) is 9.59 Å². The van der Waals surface area contributed by atoms with Crippen LogP contribution in [0.1, 0.15) is 40.1 Å². The largest absolute Gasteiger partial charge is 0.350 e.